The monoisotopic (exact) mass is 407 g/mol. The van der Waals surface area contributed by atoms with Crippen molar-refractivity contribution in [1.29, 1.82) is 0 Å². The summed E-state index contributed by atoms with van der Waals surface area (Å²) in [5.74, 6) is 1.47. The minimum atomic E-state index is -0.318. The molecular weight excluding hydrogens is 381 g/mol. The topological polar surface area (TPSA) is 47.4 Å². The van der Waals surface area contributed by atoms with Crippen LogP contribution in [-0.4, -0.2) is 27.1 Å². The lowest BCUT2D eigenvalue weighted by Gasteiger charge is -2.23. The Labute approximate surface area is 176 Å². The number of ether oxygens (including phenoxy) is 1. The molecule has 0 saturated heterocycles. The second kappa shape index (κ2) is 8.69. The molecule has 6 heteroatoms. The van der Waals surface area contributed by atoms with Crippen molar-refractivity contribution in [1.82, 2.24) is 14.7 Å². The van der Waals surface area contributed by atoms with Gasteiger partial charge >= 0.3 is 0 Å². The highest BCUT2D eigenvalue weighted by Gasteiger charge is 2.29. The molecule has 0 radical (unpaired) electrons. The Morgan fingerprint density at radius 2 is 1.87 bits per heavy atom. The Morgan fingerprint density at radius 3 is 2.50 bits per heavy atom. The average Bonchev–Trinajstić information content (AvgIpc) is 3.54. The van der Waals surface area contributed by atoms with Gasteiger partial charge in [-0.05, 0) is 43.0 Å². The maximum atomic E-state index is 13.3. The van der Waals surface area contributed by atoms with Crippen LogP contribution in [0.25, 0.3) is 11.3 Å². The lowest BCUT2D eigenvalue weighted by atomic mass is 10.1. The summed E-state index contributed by atoms with van der Waals surface area (Å²) in [6, 6.07) is 15.8. The first-order valence-corrected chi connectivity index (χ1v) is 10.4. The maximum absolute atomic E-state index is 13.3. The van der Waals surface area contributed by atoms with Crippen LogP contribution in [0.15, 0.2) is 54.6 Å². The Kier molecular flexibility index (Phi) is 5.84. The van der Waals surface area contributed by atoms with Crippen LogP contribution in [0.4, 0.5) is 4.39 Å². The standard InChI is InChI=1S/C24H26FN3O2/c1-3-22(29)28(15-17-9-10-17)16-21-23(18-7-5-4-6-8-18)26-27(2)24(21)30-20-13-11-19(25)12-14-20/h4-8,11-14,17H,3,9-10,15-16H2,1-2H3. The number of nitrogens with zero attached hydrogens (tertiary/aromatic N) is 3. The summed E-state index contributed by atoms with van der Waals surface area (Å²) < 4.78 is 21.1. The molecule has 0 unspecified atom stereocenters. The molecule has 0 N–H and O–H groups in total. The zero-order valence-corrected chi connectivity index (χ0v) is 17.3. The van der Waals surface area contributed by atoms with Crippen molar-refractivity contribution in [2.24, 2.45) is 13.0 Å². The van der Waals surface area contributed by atoms with Crippen molar-refractivity contribution in [2.75, 3.05) is 6.54 Å². The van der Waals surface area contributed by atoms with Gasteiger partial charge in [-0.2, -0.15) is 5.10 Å². The molecule has 0 bridgehead atoms. The van der Waals surface area contributed by atoms with Crippen molar-refractivity contribution in [2.45, 2.75) is 32.7 Å². The fraction of sp³-hybridized carbons (Fsp3) is 0.333. The third-order valence-electron chi connectivity index (χ3n) is 5.34. The molecule has 4 rings (SSSR count). The molecule has 1 saturated carbocycles. The van der Waals surface area contributed by atoms with Crippen molar-refractivity contribution in [3.8, 4) is 22.9 Å². The van der Waals surface area contributed by atoms with Crippen LogP contribution < -0.4 is 4.74 Å². The van der Waals surface area contributed by atoms with E-state index in [4.69, 9.17) is 9.84 Å². The lowest BCUT2D eigenvalue weighted by molar-refractivity contribution is -0.131. The van der Waals surface area contributed by atoms with Gasteiger partial charge in [-0.25, -0.2) is 9.07 Å². The summed E-state index contributed by atoms with van der Waals surface area (Å²) in [7, 11) is 1.82. The molecular formula is C24H26FN3O2. The number of hydrogen-bond acceptors (Lipinski definition) is 3. The molecule has 1 aliphatic rings. The van der Waals surface area contributed by atoms with Gasteiger partial charge in [-0.15, -0.1) is 0 Å². The average molecular weight is 407 g/mol. The molecule has 156 valence electrons. The number of rotatable bonds is 8. The number of amides is 1. The Bertz CT molecular complexity index is 1010. The number of carbonyl (C=O) groups is 1. The SMILES string of the molecule is CCC(=O)N(Cc1c(-c2ccccc2)nn(C)c1Oc1ccc(F)cc1)CC1CC1. The van der Waals surface area contributed by atoms with Gasteiger partial charge in [-0.1, -0.05) is 37.3 Å². The molecule has 1 amide bonds. The number of halogens is 1. The van der Waals surface area contributed by atoms with Crippen molar-refractivity contribution in [3.63, 3.8) is 0 Å². The second-order valence-corrected chi connectivity index (χ2v) is 7.75. The van der Waals surface area contributed by atoms with E-state index in [1.807, 2.05) is 49.2 Å². The van der Waals surface area contributed by atoms with Gasteiger partial charge in [0.1, 0.15) is 17.3 Å². The third kappa shape index (κ3) is 4.53. The van der Waals surface area contributed by atoms with E-state index in [0.717, 1.165) is 23.4 Å². The Hall–Kier alpha value is -3.15. The van der Waals surface area contributed by atoms with E-state index in [9.17, 15) is 9.18 Å². The Balaban J connectivity index is 1.73. The molecule has 30 heavy (non-hydrogen) atoms. The minimum Gasteiger partial charge on any atom is -0.439 e. The number of benzene rings is 2. The summed E-state index contributed by atoms with van der Waals surface area (Å²) in [6.07, 6.45) is 2.80. The smallest absolute Gasteiger partial charge is 0.223 e. The van der Waals surface area contributed by atoms with E-state index in [1.54, 1.807) is 16.8 Å². The first-order valence-electron chi connectivity index (χ1n) is 10.4. The highest BCUT2D eigenvalue weighted by Crippen LogP contribution is 2.36. The lowest BCUT2D eigenvalue weighted by Crippen LogP contribution is -2.32. The molecule has 0 atom stereocenters. The third-order valence-corrected chi connectivity index (χ3v) is 5.34. The molecule has 2 aromatic carbocycles. The predicted octanol–water partition coefficient (Wildman–Crippen LogP) is 5.17. The van der Waals surface area contributed by atoms with Gasteiger partial charge in [0.25, 0.3) is 0 Å². The van der Waals surface area contributed by atoms with Crippen molar-refractivity contribution < 1.29 is 13.9 Å². The van der Waals surface area contributed by atoms with Crippen molar-refractivity contribution >= 4 is 5.91 Å². The summed E-state index contributed by atoms with van der Waals surface area (Å²) >= 11 is 0. The zero-order valence-electron chi connectivity index (χ0n) is 17.3. The normalized spacial score (nSPS) is 13.3. The summed E-state index contributed by atoms with van der Waals surface area (Å²) in [5.41, 5.74) is 2.61. The summed E-state index contributed by atoms with van der Waals surface area (Å²) in [5, 5.41) is 4.71. The number of hydrogen-bond donors (Lipinski definition) is 0. The largest absolute Gasteiger partial charge is 0.439 e. The van der Waals surface area contributed by atoms with Crippen LogP contribution >= 0.6 is 0 Å². The molecule has 0 spiro atoms. The van der Waals surface area contributed by atoms with Gasteiger partial charge in [0.05, 0.1) is 12.1 Å². The summed E-state index contributed by atoms with van der Waals surface area (Å²) in [6.45, 7) is 3.07. The van der Waals surface area contributed by atoms with Gasteiger partial charge in [-0.3, -0.25) is 4.79 Å². The fourth-order valence-corrected chi connectivity index (χ4v) is 3.55. The maximum Gasteiger partial charge on any atom is 0.223 e. The molecule has 3 aromatic rings. The van der Waals surface area contributed by atoms with Gasteiger partial charge < -0.3 is 9.64 Å². The van der Waals surface area contributed by atoms with E-state index in [1.165, 1.54) is 25.0 Å². The molecule has 0 aliphatic heterocycles. The first-order chi connectivity index (χ1) is 14.5. The first kappa shape index (κ1) is 20.1. The van der Waals surface area contributed by atoms with Crippen LogP contribution in [0.1, 0.15) is 31.7 Å². The fourth-order valence-electron chi connectivity index (χ4n) is 3.55. The van der Waals surface area contributed by atoms with Gasteiger partial charge in [0.2, 0.25) is 11.8 Å². The van der Waals surface area contributed by atoms with Crippen LogP contribution in [0, 0.1) is 11.7 Å². The van der Waals surface area contributed by atoms with Crippen LogP contribution in [0.2, 0.25) is 0 Å². The molecule has 1 fully saturated rings. The van der Waals surface area contributed by atoms with Crippen molar-refractivity contribution in [3.05, 3.63) is 66.0 Å². The van der Waals surface area contributed by atoms with E-state index in [-0.39, 0.29) is 11.7 Å². The van der Waals surface area contributed by atoms with Crippen LogP contribution in [0.5, 0.6) is 11.6 Å². The second-order valence-electron chi connectivity index (χ2n) is 7.75. The van der Waals surface area contributed by atoms with Gasteiger partial charge in [0, 0.05) is 25.6 Å². The molecule has 1 aliphatic carbocycles. The highest BCUT2D eigenvalue weighted by molar-refractivity contribution is 5.76. The number of aryl methyl sites for hydroxylation is 1. The van der Waals surface area contributed by atoms with E-state index < -0.39 is 0 Å². The van der Waals surface area contributed by atoms with E-state index in [0.29, 0.717) is 30.5 Å². The van der Waals surface area contributed by atoms with E-state index in [2.05, 4.69) is 0 Å². The molecule has 1 aromatic heterocycles. The molecule has 5 nitrogen and oxygen atoms in total. The van der Waals surface area contributed by atoms with E-state index >= 15 is 0 Å². The quantitative estimate of drug-likeness (QED) is 0.518. The minimum absolute atomic E-state index is 0.123. The number of aromatic nitrogens is 2. The zero-order chi connectivity index (χ0) is 21.1. The Morgan fingerprint density at radius 1 is 1.17 bits per heavy atom. The van der Waals surface area contributed by atoms with Crippen LogP contribution in [0.3, 0.4) is 0 Å². The molecule has 1 heterocycles. The van der Waals surface area contributed by atoms with Crippen LogP contribution in [-0.2, 0) is 18.4 Å². The highest BCUT2D eigenvalue weighted by atomic mass is 19.1. The predicted molar refractivity (Wildman–Crippen MR) is 114 cm³/mol. The van der Waals surface area contributed by atoms with Gasteiger partial charge in [0.15, 0.2) is 0 Å². The number of carbonyl (C=O) groups excluding carboxylic acids is 1. The summed E-state index contributed by atoms with van der Waals surface area (Å²) in [4.78, 5) is 14.6.